The Morgan fingerprint density at radius 1 is 1.36 bits per heavy atom. The van der Waals surface area contributed by atoms with Crippen molar-refractivity contribution in [1.82, 2.24) is 5.32 Å². The average molecular weight is 309 g/mol. The van der Waals surface area contributed by atoms with Gasteiger partial charge in [0.1, 0.15) is 12.2 Å². The number of nitrogens with one attached hydrogen (secondary N) is 1. The number of hydrogen-bond acceptors (Lipinski definition) is 6. The molecule has 1 saturated heterocycles. The highest BCUT2D eigenvalue weighted by atomic mass is 16.6. The highest BCUT2D eigenvalue weighted by Crippen LogP contribution is 2.29. The van der Waals surface area contributed by atoms with Gasteiger partial charge in [0.25, 0.3) is 11.6 Å². The third-order valence-corrected chi connectivity index (χ3v) is 3.19. The number of morpholine rings is 1. The van der Waals surface area contributed by atoms with Crippen molar-refractivity contribution in [3.05, 3.63) is 33.9 Å². The van der Waals surface area contributed by atoms with Gasteiger partial charge in [0.05, 0.1) is 18.1 Å². The summed E-state index contributed by atoms with van der Waals surface area (Å²) >= 11 is 0. The molecule has 1 aliphatic heterocycles. The summed E-state index contributed by atoms with van der Waals surface area (Å²) in [5.41, 5.74) is 0.276. The van der Waals surface area contributed by atoms with Crippen molar-refractivity contribution in [2.24, 2.45) is 0 Å². The molecule has 0 unspecified atom stereocenters. The van der Waals surface area contributed by atoms with Crippen molar-refractivity contribution in [3.8, 4) is 0 Å². The molecule has 0 bridgehead atoms. The first-order valence-corrected chi connectivity index (χ1v) is 6.60. The predicted octanol–water partition coefficient (Wildman–Crippen LogP) is 0.246. The topological polar surface area (TPSA) is 122 Å². The van der Waals surface area contributed by atoms with Crippen molar-refractivity contribution in [1.29, 1.82) is 0 Å². The summed E-state index contributed by atoms with van der Waals surface area (Å²) in [6, 6.07) is 4.09. The number of nitro groups is 1. The first-order chi connectivity index (χ1) is 10.5. The van der Waals surface area contributed by atoms with Crippen LogP contribution < -0.4 is 10.2 Å². The highest BCUT2D eigenvalue weighted by Gasteiger charge is 2.23. The zero-order chi connectivity index (χ0) is 16.1. The number of amides is 1. The van der Waals surface area contributed by atoms with Gasteiger partial charge in [-0.15, -0.1) is 0 Å². The molecule has 9 nitrogen and oxygen atoms in total. The molecule has 0 radical (unpaired) electrons. The normalized spacial score (nSPS) is 14.5. The minimum absolute atomic E-state index is 0.0463. The number of rotatable bonds is 5. The number of hydrogen-bond donors (Lipinski definition) is 2. The van der Waals surface area contributed by atoms with Crippen LogP contribution in [0.3, 0.4) is 0 Å². The second-order valence-corrected chi connectivity index (χ2v) is 4.64. The number of aliphatic carboxylic acids is 1. The molecule has 0 spiro atoms. The van der Waals surface area contributed by atoms with E-state index >= 15 is 0 Å². The van der Waals surface area contributed by atoms with Gasteiger partial charge >= 0.3 is 5.97 Å². The number of ether oxygens (including phenoxy) is 1. The number of carbonyl (C=O) groups excluding carboxylic acids is 1. The van der Waals surface area contributed by atoms with Crippen LogP contribution in [0.1, 0.15) is 10.4 Å². The third-order valence-electron chi connectivity index (χ3n) is 3.19. The molecule has 9 heteroatoms. The number of carboxylic acid groups (broad SMARTS) is 1. The Kier molecular flexibility index (Phi) is 4.89. The number of benzene rings is 1. The van der Waals surface area contributed by atoms with Crippen LogP contribution in [0.25, 0.3) is 0 Å². The Bertz CT molecular complexity index is 597. The summed E-state index contributed by atoms with van der Waals surface area (Å²) in [5.74, 6) is -1.85. The quantitative estimate of drug-likeness (QED) is 0.590. The molecule has 2 rings (SSSR count). The number of nitro benzene ring substituents is 1. The summed E-state index contributed by atoms with van der Waals surface area (Å²) in [6.45, 7) is 1.49. The Labute approximate surface area is 125 Å². The lowest BCUT2D eigenvalue weighted by molar-refractivity contribution is -0.384. The molecule has 1 amide bonds. The van der Waals surface area contributed by atoms with Gasteiger partial charge in [0.15, 0.2) is 0 Å². The minimum Gasteiger partial charge on any atom is -0.480 e. The highest BCUT2D eigenvalue weighted by molar-refractivity contribution is 5.97. The van der Waals surface area contributed by atoms with E-state index in [0.717, 1.165) is 6.07 Å². The van der Waals surface area contributed by atoms with Crippen LogP contribution in [0.15, 0.2) is 18.2 Å². The van der Waals surface area contributed by atoms with Gasteiger partial charge in [0, 0.05) is 24.7 Å². The van der Waals surface area contributed by atoms with Crippen LogP contribution >= 0.6 is 0 Å². The maximum Gasteiger partial charge on any atom is 0.322 e. The van der Waals surface area contributed by atoms with Gasteiger partial charge in [-0.2, -0.15) is 0 Å². The lowest BCUT2D eigenvalue weighted by Crippen LogP contribution is -2.36. The summed E-state index contributed by atoms with van der Waals surface area (Å²) < 4.78 is 5.21. The van der Waals surface area contributed by atoms with E-state index in [-0.39, 0.29) is 11.3 Å². The van der Waals surface area contributed by atoms with Crippen LogP contribution in [0, 0.1) is 10.1 Å². The summed E-state index contributed by atoms with van der Waals surface area (Å²) in [7, 11) is 0. The first kappa shape index (κ1) is 15.7. The SMILES string of the molecule is O=C(O)CNC(=O)c1ccc(N2CCOCC2)c([N+](=O)[O-])c1. The van der Waals surface area contributed by atoms with Gasteiger partial charge in [-0.25, -0.2) is 0 Å². The van der Waals surface area contributed by atoms with E-state index in [1.807, 2.05) is 4.90 Å². The lowest BCUT2D eigenvalue weighted by atomic mass is 10.1. The number of carbonyl (C=O) groups is 2. The Hall–Kier alpha value is -2.68. The van der Waals surface area contributed by atoms with Crippen LogP contribution in [-0.4, -0.2) is 54.8 Å². The van der Waals surface area contributed by atoms with Crippen LogP contribution in [0.4, 0.5) is 11.4 Å². The molecule has 0 saturated carbocycles. The maximum atomic E-state index is 11.8. The summed E-state index contributed by atoms with van der Waals surface area (Å²) in [5, 5.41) is 21.9. The standard InChI is InChI=1S/C13H15N3O6/c17-12(18)8-14-13(19)9-1-2-10(11(7-9)16(20)21)15-3-5-22-6-4-15/h1-2,7H,3-6,8H2,(H,14,19)(H,17,18). The molecule has 1 aliphatic rings. The van der Waals surface area contributed by atoms with Crippen LogP contribution in [0.5, 0.6) is 0 Å². The fourth-order valence-corrected chi connectivity index (χ4v) is 2.14. The second kappa shape index (κ2) is 6.85. The van der Waals surface area contributed by atoms with E-state index in [4.69, 9.17) is 9.84 Å². The van der Waals surface area contributed by atoms with E-state index < -0.39 is 23.3 Å². The van der Waals surface area contributed by atoms with E-state index in [1.54, 1.807) is 0 Å². The smallest absolute Gasteiger partial charge is 0.322 e. The molecule has 1 aromatic rings. The largest absolute Gasteiger partial charge is 0.480 e. The molecular weight excluding hydrogens is 294 g/mol. The molecule has 118 valence electrons. The molecular formula is C13H15N3O6. The van der Waals surface area contributed by atoms with Crippen molar-refractivity contribution in [2.75, 3.05) is 37.7 Å². The number of carboxylic acids is 1. The van der Waals surface area contributed by atoms with E-state index in [1.165, 1.54) is 12.1 Å². The molecule has 1 aromatic carbocycles. The van der Waals surface area contributed by atoms with Gasteiger partial charge in [-0.1, -0.05) is 0 Å². The van der Waals surface area contributed by atoms with E-state index in [9.17, 15) is 19.7 Å². The Morgan fingerprint density at radius 2 is 2.05 bits per heavy atom. The number of anilines is 1. The maximum absolute atomic E-state index is 11.8. The minimum atomic E-state index is -1.19. The van der Waals surface area contributed by atoms with Crippen molar-refractivity contribution >= 4 is 23.3 Å². The zero-order valence-corrected chi connectivity index (χ0v) is 11.7. The van der Waals surface area contributed by atoms with Gasteiger partial charge in [0.2, 0.25) is 0 Å². The predicted molar refractivity (Wildman–Crippen MR) is 76.1 cm³/mol. The second-order valence-electron chi connectivity index (χ2n) is 4.64. The van der Waals surface area contributed by atoms with Crippen LogP contribution in [-0.2, 0) is 9.53 Å². The fraction of sp³-hybridized carbons (Fsp3) is 0.385. The molecule has 1 heterocycles. The monoisotopic (exact) mass is 309 g/mol. The third kappa shape index (κ3) is 3.70. The van der Waals surface area contributed by atoms with Crippen molar-refractivity contribution in [3.63, 3.8) is 0 Å². The average Bonchev–Trinajstić information content (AvgIpc) is 2.52. The number of nitrogens with zero attached hydrogens (tertiary/aromatic N) is 2. The molecule has 0 atom stereocenters. The molecule has 0 aliphatic carbocycles. The summed E-state index contributed by atoms with van der Waals surface area (Å²) in [4.78, 5) is 34.7. The van der Waals surface area contributed by atoms with Gasteiger partial charge < -0.3 is 20.1 Å². The van der Waals surface area contributed by atoms with E-state index in [2.05, 4.69) is 5.32 Å². The summed E-state index contributed by atoms with van der Waals surface area (Å²) in [6.07, 6.45) is 0. The van der Waals surface area contributed by atoms with Crippen molar-refractivity contribution in [2.45, 2.75) is 0 Å². The zero-order valence-electron chi connectivity index (χ0n) is 11.7. The van der Waals surface area contributed by atoms with Crippen molar-refractivity contribution < 1.29 is 24.4 Å². The Balaban J connectivity index is 2.24. The molecule has 0 aromatic heterocycles. The first-order valence-electron chi connectivity index (χ1n) is 6.60. The lowest BCUT2D eigenvalue weighted by Gasteiger charge is -2.28. The van der Waals surface area contributed by atoms with Gasteiger partial charge in [-0.3, -0.25) is 19.7 Å². The Morgan fingerprint density at radius 3 is 2.64 bits per heavy atom. The van der Waals surface area contributed by atoms with Crippen LogP contribution in [0.2, 0.25) is 0 Å². The molecule has 22 heavy (non-hydrogen) atoms. The van der Waals surface area contributed by atoms with E-state index in [0.29, 0.717) is 32.0 Å². The fourth-order valence-electron chi connectivity index (χ4n) is 2.14. The molecule has 1 fully saturated rings. The molecule has 2 N–H and O–H groups in total. The van der Waals surface area contributed by atoms with Gasteiger partial charge in [-0.05, 0) is 12.1 Å².